The van der Waals surface area contributed by atoms with Gasteiger partial charge in [-0.25, -0.2) is 14.8 Å². The number of anilines is 1. The Kier molecular flexibility index (Phi) is 3.19. The number of nitrogens with zero attached hydrogens (tertiary/aromatic N) is 3. The smallest absolute Gasteiger partial charge is 0.376 e. The third-order valence-corrected chi connectivity index (χ3v) is 3.03. The van der Waals surface area contributed by atoms with Gasteiger partial charge in [-0.2, -0.15) is 0 Å². The number of aromatic nitrogens is 3. The quantitative estimate of drug-likeness (QED) is 0.722. The Morgan fingerprint density at radius 2 is 2.05 bits per heavy atom. The Balaban J connectivity index is 2.12. The van der Waals surface area contributed by atoms with Crippen LogP contribution in [-0.4, -0.2) is 28.0 Å². The fourth-order valence-electron chi connectivity index (χ4n) is 1.98. The van der Waals surface area contributed by atoms with E-state index in [2.05, 4.69) is 19.7 Å². The third-order valence-electron chi connectivity index (χ3n) is 3.03. The zero-order valence-electron chi connectivity index (χ0n) is 11.3. The molecular weight excluding hydrogens is 268 g/mol. The summed E-state index contributed by atoms with van der Waals surface area (Å²) >= 11 is 0. The number of esters is 1. The summed E-state index contributed by atoms with van der Waals surface area (Å²) in [6.45, 7) is 0. The highest BCUT2D eigenvalue weighted by Gasteiger charge is 2.10. The summed E-state index contributed by atoms with van der Waals surface area (Å²) < 4.78 is 4.62. The van der Waals surface area contributed by atoms with Gasteiger partial charge in [-0.05, 0) is 18.2 Å². The molecule has 2 N–H and O–H groups in total. The number of ether oxygens (including phenoxy) is 1. The minimum atomic E-state index is -0.565. The first-order valence-corrected chi connectivity index (χ1v) is 6.24. The van der Waals surface area contributed by atoms with Crippen molar-refractivity contribution in [3.63, 3.8) is 0 Å². The predicted octanol–water partition coefficient (Wildman–Crippen LogP) is 2.06. The molecule has 104 valence electrons. The molecule has 0 spiro atoms. The largest absolute Gasteiger partial charge is 0.463 e. The summed E-state index contributed by atoms with van der Waals surface area (Å²) in [7, 11) is 1.29. The molecule has 0 unspecified atom stereocenters. The summed E-state index contributed by atoms with van der Waals surface area (Å²) in [6, 6.07) is 9.12. The van der Waals surface area contributed by atoms with Gasteiger partial charge in [-0.1, -0.05) is 12.1 Å². The monoisotopic (exact) mass is 280 g/mol. The van der Waals surface area contributed by atoms with Crippen LogP contribution in [0, 0.1) is 0 Å². The molecule has 2 heterocycles. The fraction of sp³-hybridized carbons (Fsp3) is 0.0667. The Labute approximate surface area is 120 Å². The molecule has 6 heteroatoms. The molecule has 0 aliphatic heterocycles. The van der Waals surface area contributed by atoms with Crippen molar-refractivity contribution < 1.29 is 9.53 Å². The zero-order valence-corrected chi connectivity index (χ0v) is 11.3. The SMILES string of the molecule is COC(=O)c1ncc2ccc(-c3cc(N)ccn3)cc2n1. The van der Waals surface area contributed by atoms with Crippen molar-refractivity contribution in [2.75, 3.05) is 12.8 Å². The molecule has 6 nitrogen and oxygen atoms in total. The predicted molar refractivity (Wildman–Crippen MR) is 78.5 cm³/mol. The van der Waals surface area contributed by atoms with Crippen molar-refractivity contribution in [1.82, 2.24) is 15.0 Å². The van der Waals surface area contributed by atoms with Crippen LogP contribution in [0.25, 0.3) is 22.2 Å². The Bertz CT molecular complexity index is 833. The van der Waals surface area contributed by atoms with Crippen molar-refractivity contribution in [2.45, 2.75) is 0 Å². The summed E-state index contributed by atoms with van der Waals surface area (Å²) in [4.78, 5) is 23.9. The maximum atomic E-state index is 11.5. The van der Waals surface area contributed by atoms with Gasteiger partial charge in [0, 0.05) is 29.0 Å². The normalized spacial score (nSPS) is 10.5. The highest BCUT2D eigenvalue weighted by Crippen LogP contribution is 2.22. The lowest BCUT2D eigenvalue weighted by Gasteiger charge is -2.04. The molecule has 3 rings (SSSR count). The maximum Gasteiger partial charge on any atom is 0.376 e. The van der Waals surface area contributed by atoms with Crippen LogP contribution in [0.1, 0.15) is 10.6 Å². The van der Waals surface area contributed by atoms with E-state index in [1.54, 1.807) is 24.5 Å². The Morgan fingerprint density at radius 3 is 2.81 bits per heavy atom. The van der Waals surface area contributed by atoms with Crippen molar-refractivity contribution in [1.29, 1.82) is 0 Å². The van der Waals surface area contributed by atoms with E-state index >= 15 is 0 Å². The van der Waals surface area contributed by atoms with Crippen LogP contribution in [0.4, 0.5) is 5.69 Å². The van der Waals surface area contributed by atoms with Crippen LogP contribution in [0.15, 0.2) is 42.7 Å². The maximum absolute atomic E-state index is 11.5. The highest BCUT2D eigenvalue weighted by molar-refractivity contribution is 5.89. The van der Waals surface area contributed by atoms with Gasteiger partial charge in [0.2, 0.25) is 5.82 Å². The Morgan fingerprint density at radius 1 is 1.19 bits per heavy atom. The molecule has 0 radical (unpaired) electrons. The summed E-state index contributed by atoms with van der Waals surface area (Å²) in [5, 5.41) is 0.829. The van der Waals surface area contributed by atoms with Crippen LogP contribution in [-0.2, 0) is 4.74 Å². The van der Waals surface area contributed by atoms with Gasteiger partial charge < -0.3 is 10.5 Å². The highest BCUT2D eigenvalue weighted by atomic mass is 16.5. The first kappa shape index (κ1) is 13.0. The van der Waals surface area contributed by atoms with Crippen molar-refractivity contribution >= 4 is 22.6 Å². The molecule has 3 aromatic rings. The molecule has 0 amide bonds. The lowest BCUT2D eigenvalue weighted by molar-refractivity contribution is 0.0587. The molecule has 0 aliphatic rings. The van der Waals surface area contributed by atoms with E-state index in [4.69, 9.17) is 5.73 Å². The number of fused-ring (bicyclic) bond motifs is 1. The van der Waals surface area contributed by atoms with Gasteiger partial charge in [0.15, 0.2) is 0 Å². The Hall–Kier alpha value is -3.02. The fourth-order valence-corrected chi connectivity index (χ4v) is 1.98. The number of carbonyl (C=O) groups excluding carboxylic acids is 1. The number of methoxy groups -OCH3 is 1. The number of hydrogen-bond donors (Lipinski definition) is 1. The van der Waals surface area contributed by atoms with Gasteiger partial charge in [0.05, 0.1) is 18.3 Å². The standard InChI is InChI=1S/C15H12N4O2/c1-21-15(20)14-18-8-10-3-2-9(6-13(10)19-14)12-7-11(16)4-5-17-12/h2-8H,1H3,(H2,16,17). The van der Waals surface area contributed by atoms with E-state index in [1.165, 1.54) is 7.11 Å². The minimum Gasteiger partial charge on any atom is -0.463 e. The molecule has 1 aromatic carbocycles. The molecule has 0 saturated carbocycles. The van der Waals surface area contributed by atoms with Gasteiger partial charge in [-0.3, -0.25) is 4.98 Å². The van der Waals surface area contributed by atoms with Crippen LogP contribution in [0.2, 0.25) is 0 Å². The van der Waals surface area contributed by atoms with Crippen molar-refractivity contribution in [3.05, 3.63) is 48.5 Å². The molecule has 0 bridgehead atoms. The molecule has 0 aliphatic carbocycles. The minimum absolute atomic E-state index is 0.0303. The van der Waals surface area contributed by atoms with E-state index < -0.39 is 5.97 Å². The van der Waals surface area contributed by atoms with Crippen LogP contribution in [0.5, 0.6) is 0 Å². The second-order valence-corrected chi connectivity index (χ2v) is 4.43. The van der Waals surface area contributed by atoms with Gasteiger partial charge in [-0.15, -0.1) is 0 Å². The van der Waals surface area contributed by atoms with Crippen LogP contribution >= 0.6 is 0 Å². The van der Waals surface area contributed by atoms with Gasteiger partial charge in [0.1, 0.15) is 0 Å². The lowest BCUT2D eigenvalue weighted by Crippen LogP contribution is -2.06. The van der Waals surface area contributed by atoms with E-state index in [0.717, 1.165) is 16.6 Å². The number of rotatable bonds is 2. The number of pyridine rings is 1. The number of hydrogen-bond acceptors (Lipinski definition) is 6. The molecule has 2 aromatic heterocycles. The van der Waals surface area contributed by atoms with E-state index in [-0.39, 0.29) is 5.82 Å². The van der Waals surface area contributed by atoms with E-state index in [1.807, 2.05) is 18.2 Å². The lowest BCUT2D eigenvalue weighted by atomic mass is 10.1. The molecule has 21 heavy (non-hydrogen) atoms. The average molecular weight is 280 g/mol. The number of nitrogens with two attached hydrogens (primary N) is 1. The number of carbonyl (C=O) groups is 1. The topological polar surface area (TPSA) is 91.0 Å². The van der Waals surface area contributed by atoms with Crippen molar-refractivity contribution in [3.8, 4) is 11.3 Å². The number of nitrogen functional groups attached to an aromatic ring is 1. The van der Waals surface area contributed by atoms with E-state index in [0.29, 0.717) is 11.2 Å². The van der Waals surface area contributed by atoms with Crippen molar-refractivity contribution in [2.24, 2.45) is 0 Å². The second-order valence-electron chi connectivity index (χ2n) is 4.43. The molecule has 0 atom stereocenters. The summed E-state index contributed by atoms with van der Waals surface area (Å²) in [5.41, 5.74) is 8.66. The van der Waals surface area contributed by atoms with Crippen LogP contribution < -0.4 is 5.73 Å². The van der Waals surface area contributed by atoms with Gasteiger partial charge >= 0.3 is 5.97 Å². The average Bonchev–Trinajstić information content (AvgIpc) is 2.53. The molecular formula is C15H12N4O2. The molecule has 0 saturated heterocycles. The van der Waals surface area contributed by atoms with E-state index in [9.17, 15) is 4.79 Å². The zero-order chi connectivity index (χ0) is 14.8. The van der Waals surface area contributed by atoms with Crippen LogP contribution in [0.3, 0.4) is 0 Å². The molecule has 0 fully saturated rings. The first-order valence-electron chi connectivity index (χ1n) is 6.24. The summed E-state index contributed by atoms with van der Waals surface area (Å²) in [5.74, 6) is -0.535. The second kappa shape index (κ2) is 5.16. The summed E-state index contributed by atoms with van der Waals surface area (Å²) in [6.07, 6.45) is 3.24. The third kappa shape index (κ3) is 2.51. The number of benzene rings is 1. The first-order chi connectivity index (χ1) is 10.2. The van der Waals surface area contributed by atoms with Gasteiger partial charge in [0.25, 0.3) is 0 Å².